The predicted molar refractivity (Wildman–Crippen MR) is 99.8 cm³/mol. The van der Waals surface area contributed by atoms with E-state index in [4.69, 9.17) is 12.3 Å². The average molecular weight is 305 g/mol. The smallest absolute Gasteiger partial charge is 0.227 e. The van der Waals surface area contributed by atoms with Crippen molar-refractivity contribution in [3.05, 3.63) is 72.8 Å². The fourth-order valence-corrected chi connectivity index (χ4v) is 3.25. The maximum absolute atomic E-state index is 6.16. The third kappa shape index (κ3) is 1.95. The molecule has 5 aromatic rings. The minimum atomic E-state index is 0.644. The molecule has 4 aromatic carbocycles. The van der Waals surface area contributed by atoms with Crippen LogP contribution in [0.5, 0.6) is 0 Å². The second-order valence-electron chi connectivity index (χ2n) is 5.94. The normalized spacial score (nSPS) is 11.5. The first-order chi connectivity index (χ1) is 11.8. The Hall–Kier alpha value is -3.07. The van der Waals surface area contributed by atoms with Crippen LogP contribution in [0.25, 0.3) is 44.1 Å². The predicted octanol–water partition coefficient (Wildman–Crippen LogP) is 4.60. The highest BCUT2D eigenvalue weighted by Gasteiger charge is 2.13. The van der Waals surface area contributed by atoms with Crippen LogP contribution in [0.15, 0.2) is 77.2 Å². The standard InChI is InChI=1S/C21H12BNO/c22-16-9-10-17-15(12-16)7-6-13-8-11-18-20(19(13)17)24-21(23-18)14-4-2-1-3-5-14/h1-12H. The lowest BCUT2D eigenvalue weighted by molar-refractivity contribution is 0.623. The fourth-order valence-electron chi connectivity index (χ4n) is 3.25. The van der Waals surface area contributed by atoms with E-state index in [1.165, 1.54) is 0 Å². The number of benzene rings is 4. The maximum atomic E-state index is 6.16. The van der Waals surface area contributed by atoms with Crippen molar-refractivity contribution in [2.75, 3.05) is 0 Å². The van der Waals surface area contributed by atoms with Crippen LogP contribution in [0.4, 0.5) is 0 Å². The largest absolute Gasteiger partial charge is 0.435 e. The van der Waals surface area contributed by atoms with Crippen molar-refractivity contribution in [1.82, 2.24) is 4.98 Å². The molecule has 2 radical (unpaired) electrons. The van der Waals surface area contributed by atoms with Crippen LogP contribution in [0, 0.1) is 0 Å². The third-order valence-electron chi connectivity index (χ3n) is 4.40. The molecule has 0 spiro atoms. The van der Waals surface area contributed by atoms with E-state index in [0.29, 0.717) is 5.89 Å². The number of hydrogen-bond donors (Lipinski definition) is 0. The van der Waals surface area contributed by atoms with Crippen molar-refractivity contribution in [3.63, 3.8) is 0 Å². The molecule has 110 valence electrons. The summed E-state index contributed by atoms with van der Waals surface area (Å²) in [5.74, 6) is 0.644. The molecule has 0 atom stereocenters. The molecule has 0 unspecified atom stereocenters. The summed E-state index contributed by atoms with van der Waals surface area (Å²) in [6, 6.07) is 24.2. The minimum Gasteiger partial charge on any atom is -0.435 e. The summed E-state index contributed by atoms with van der Waals surface area (Å²) in [5.41, 5.74) is 3.43. The molecule has 3 heteroatoms. The number of hydrogen-bond acceptors (Lipinski definition) is 2. The van der Waals surface area contributed by atoms with Crippen LogP contribution in [0.2, 0.25) is 0 Å². The maximum Gasteiger partial charge on any atom is 0.227 e. The molecule has 0 aliphatic heterocycles. The molecule has 0 bridgehead atoms. The van der Waals surface area contributed by atoms with Crippen LogP contribution in [0.1, 0.15) is 0 Å². The number of fused-ring (bicyclic) bond motifs is 5. The highest BCUT2D eigenvalue weighted by molar-refractivity contribution is 6.33. The average Bonchev–Trinajstić information content (AvgIpc) is 3.06. The van der Waals surface area contributed by atoms with Gasteiger partial charge in [0.15, 0.2) is 5.58 Å². The van der Waals surface area contributed by atoms with Crippen molar-refractivity contribution in [1.29, 1.82) is 0 Å². The van der Waals surface area contributed by atoms with E-state index in [0.717, 1.165) is 43.7 Å². The Morgan fingerprint density at radius 3 is 2.46 bits per heavy atom. The summed E-state index contributed by atoms with van der Waals surface area (Å²) in [4.78, 5) is 4.67. The van der Waals surface area contributed by atoms with Crippen LogP contribution in [0.3, 0.4) is 0 Å². The van der Waals surface area contributed by atoms with Crippen LogP contribution in [-0.2, 0) is 0 Å². The molecule has 1 heterocycles. The number of rotatable bonds is 1. The van der Waals surface area contributed by atoms with E-state index in [9.17, 15) is 0 Å². The Bertz CT molecular complexity index is 1210. The summed E-state index contributed by atoms with van der Waals surface area (Å²) >= 11 is 0. The zero-order valence-electron chi connectivity index (χ0n) is 12.9. The Morgan fingerprint density at radius 2 is 1.58 bits per heavy atom. The molecule has 0 saturated carbocycles. The van der Waals surface area contributed by atoms with Crippen molar-refractivity contribution < 1.29 is 4.42 Å². The molecule has 0 amide bonds. The second-order valence-corrected chi connectivity index (χ2v) is 5.94. The molecule has 0 fully saturated rings. The first-order valence-electron chi connectivity index (χ1n) is 7.86. The zero-order valence-corrected chi connectivity index (χ0v) is 12.9. The monoisotopic (exact) mass is 305 g/mol. The van der Waals surface area contributed by atoms with Gasteiger partial charge in [0.1, 0.15) is 13.4 Å². The summed E-state index contributed by atoms with van der Waals surface area (Å²) in [6.07, 6.45) is 0. The first-order valence-corrected chi connectivity index (χ1v) is 7.86. The third-order valence-corrected chi connectivity index (χ3v) is 4.40. The van der Waals surface area contributed by atoms with Crippen molar-refractivity contribution in [2.24, 2.45) is 0 Å². The van der Waals surface area contributed by atoms with Gasteiger partial charge >= 0.3 is 0 Å². The van der Waals surface area contributed by atoms with E-state index in [1.807, 2.05) is 48.5 Å². The number of aromatic nitrogens is 1. The van der Waals surface area contributed by atoms with E-state index in [1.54, 1.807) is 0 Å². The van der Waals surface area contributed by atoms with Crippen molar-refractivity contribution in [3.8, 4) is 11.5 Å². The Kier molecular flexibility index (Phi) is 2.77. The summed E-state index contributed by atoms with van der Waals surface area (Å²) in [7, 11) is 5.92. The van der Waals surface area contributed by atoms with E-state index in [2.05, 4.69) is 29.2 Å². The Balaban J connectivity index is 1.90. The first kappa shape index (κ1) is 13.4. The zero-order chi connectivity index (χ0) is 16.1. The van der Waals surface area contributed by atoms with Gasteiger partial charge in [-0.3, -0.25) is 0 Å². The van der Waals surface area contributed by atoms with Crippen molar-refractivity contribution in [2.45, 2.75) is 0 Å². The van der Waals surface area contributed by atoms with Gasteiger partial charge in [0.05, 0.1) is 0 Å². The molecule has 0 aliphatic carbocycles. The fraction of sp³-hybridized carbons (Fsp3) is 0. The molecular formula is C21H12BNO. The van der Waals surface area contributed by atoms with Gasteiger partial charge in [-0.2, -0.15) is 0 Å². The molecule has 0 N–H and O–H groups in total. The Labute approximate surface area is 140 Å². The van der Waals surface area contributed by atoms with Gasteiger partial charge in [-0.05, 0) is 34.4 Å². The minimum absolute atomic E-state index is 0.644. The molecule has 0 saturated heterocycles. The number of nitrogens with zero attached hydrogens (tertiary/aromatic N) is 1. The van der Waals surface area contributed by atoms with Gasteiger partial charge in [0, 0.05) is 10.9 Å². The van der Waals surface area contributed by atoms with Gasteiger partial charge in [-0.1, -0.05) is 60.1 Å². The molecule has 1 aromatic heterocycles. The quantitative estimate of drug-likeness (QED) is 0.334. The van der Waals surface area contributed by atoms with Gasteiger partial charge in [-0.15, -0.1) is 0 Å². The SMILES string of the molecule is [B]c1ccc2c(ccc3ccc4nc(-c5ccccc5)oc4c32)c1. The lowest BCUT2D eigenvalue weighted by atomic mass is 9.91. The van der Waals surface area contributed by atoms with Gasteiger partial charge in [0.2, 0.25) is 5.89 Å². The van der Waals surface area contributed by atoms with E-state index >= 15 is 0 Å². The van der Waals surface area contributed by atoms with Gasteiger partial charge in [0.25, 0.3) is 0 Å². The Morgan fingerprint density at radius 1 is 0.792 bits per heavy atom. The highest BCUT2D eigenvalue weighted by Crippen LogP contribution is 2.34. The number of oxazole rings is 1. The molecular weight excluding hydrogens is 293 g/mol. The molecule has 5 rings (SSSR count). The summed E-state index contributed by atoms with van der Waals surface area (Å²) in [6.45, 7) is 0. The van der Waals surface area contributed by atoms with Crippen molar-refractivity contribution >= 4 is 46.0 Å². The second kappa shape index (κ2) is 4.97. The summed E-state index contributed by atoms with van der Waals surface area (Å²) in [5, 5.41) is 4.45. The highest BCUT2D eigenvalue weighted by atomic mass is 16.3. The molecule has 2 nitrogen and oxygen atoms in total. The van der Waals surface area contributed by atoms with E-state index in [-0.39, 0.29) is 0 Å². The van der Waals surface area contributed by atoms with Crippen LogP contribution in [-0.4, -0.2) is 12.8 Å². The van der Waals surface area contributed by atoms with Crippen LogP contribution >= 0.6 is 0 Å². The lowest BCUT2D eigenvalue weighted by Gasteiger charge is -2.05. The molecule has 0 aliphatic rings. The van der Waals surface area contributed by atoms with E-state index < -0.39 is 0 Å². The summed E-state index contributed by atoms with van der Waals surface area (Å²) < 4.78 is 6.16. The lowest BCUT2D eigenvalue weighted by Crippen LogP contribution is -1.99. The molecule has 24 heavy (non-hydrogen) atoms. The topological polar surface area (TPSA) is 26.0 Å². The van der Waals surface area contributed by atoms with Gasteiger partial charge in [-0.25, -0.2) is 4.98 Å². The van der Waals surface area contributed by atoms with Crippen LogP contribution < -0.4 is 5.46 Å². The van der Waals surface area contributed by atoms with Gasteiger partial charge < -0.3 is 4.42 Å².